The van der Waals surface area contributed by atoms with Crippen LogP contribution in [0.4, 0.5) is 11.4 Å². The number of benzene rings is 1. The second-order valence-corrected chi connectivity index (χ2v) is 5.36. The van der Waals surface area contributed by atoms with E-state index >= 15 is 0 Å². The molecule has 1 aromatic heterocycles. The number of carbonyl (C=O) groups is 1. The first-order valence-electron chi connectivity index (χ1n) is 6.27. The number of rotatable bonds is 5. The van der Waals surface area contributed by atoms with Gasteiger partial charge in [0.25, 0.3) is 5.69 Å². The van der Waals surface area contributed by atoms with Crippen molar-refractivity contribution in [3.05, 3.63) is 55.9 Å². The van der Waals surface area contributed by atoms with Crippen molar-refractivity contribution in [1.82, 2.24) is 0 Å². The van der Waals surface area contributed by atoms with Crippen LogP contribution in [-0.2, 0) is 11.3 Å². The molecule has 0 aliphatic rings. The topological polar surface area (TPSA) is 94.6 Å². The molecule has 1 N–H and O–H groups in total. The molecule has 0 unspecified atom stereocenters. The highest BCUT2D eigenvalue weighted by Gasteiger charge is 2.17. The fourth-order valence-corrected chi connectivity index (χ4v) is 2.28. The number of carbonyl (C=O) groups excluding carboxylic acids is 1. The van der Waals surface area contributed by atoms with Crippen molar-refractivity contribution in [3.63, 3.8) is 0 Å². The van der Waals surface area contributed by atoms with Crippen LogP contribution in [0, 0.1) is 17.0 Å². The summed E-state index contributed by atoms with van der Waals surface area (Å²) in [5.74, 6) is 0.436. The van der Waals surface area contributed by atoms with E-state index in [0.717, 1.165) is 0 Å². The van der Waals surface area contributed by atoms with Crippen LogP contribution in [-0.4, -0.2) is 18.0 Å². The van der Waals surface area contributed by atoms with Crippen molar-refractivity contribution < 1.29 is 18.9 Å². The lowest BCUT2D eigenvalue weighted by Gasteiger charge is -2.05. The van der Waals surface area contributed by atoms with Crippen LogP contribution < -0.4 is 5.32 Å². The number of nitrogens with one attached hydrogen (secondary N) is 1. The SMILES string of the molecule is COC(=O)c1cc(CNc2ccc(Br)cc2[N+](=O)[O-])oc1C. The van der Waals surface area contributed by atoms with Crippen molar-refractivity contribution in [2.45, 2.75) is 13.5 Å². The van der Waals surface area contributed by atoms with Gasteiger partial charge in [0.1, 0.15) is 22.8 Å². The number of nitrogens with zero attached hydrogens (tertiary/aromatic N) is 1. The summed E-state index contributed by atoms with van der Waals surface area (Å²) in [6.07, 6.45) is 0. The summed E-state index contributed by atoms with van der Waals surface area (Å²) in [6.45, 7) is 1.86. The molecule has 0 aliphatic heterocycles. The minimum Gasteiger partial charge on any atom is -0.465 e. The number of hydrogen-bond acceptors (Lipinski definition) is 6. The zero-order valence-electron chi connectivity index (χ0n) is 11.9. The van der Waals surface area contributed by atoms with Gasteiger partial charge in [-0.1, -0.05) is 15.9 Å². The summed E-state index contributed by atoms with van der Waals surface area (Å²) >= 11 is 3.20. The molecule has 116 valence electrons. The molecule has 0 radical (unpaired) electrons. The molecule has 0 amide bonds. The summed E-state index contributed by atoms with van der Waals surface area (Å²) < 4.78 is 10.7. The van der Waals surface area contributed by atoms with Gasteiger partial charge in [0.15, 0.2) is 0 Å². The maximum Gasteiger partial charge on any atom is 0.341 e. The number of anilines is 1. The molecule has 7 nitrogen and oxygen atoms in total. The second kappa shape index (κ2) is 6.61. The number of ether oxygens (including phenoxy) is 1. The maximum absolute atomic E-state index is 11.5. The van der Waals surface area contributed by atoms with Crippen molar-refractivity contribution in [2.75, 3.05) is 12.4 Å². The zero-order valence-corrected chi connectivity index (χ0v) is 13.5. The highest BCUT2D eigenvalue weighted by molar-refractivity contribution is 9.10. The lowest BCUT2D eigenvalue weighted by molar-refractivity contribution is -0.384. The van der Waals surface area contributed by atoms with Gasteiger partial charge >= 0.3 is 5.97 Å². The Hall–Kier alpha value is -2.35. The van der Waals surface area contributed by atoms with Gasteiger partial charge in [-0.3, -0.25) is 10.1 Å². The van der Waals surface area contributed by atoms with E-state index in [1.54, 1.807) is 25.1 Å². The summed E-state index contributed by atoms with van der Waals surface area (Å²) in [5, 5.41) is 14.0. The summed E-state index contributed by atoms with van der Waals surface area (Å²) in [7, 11) is 1.29. The molecule has 0 saturated heterocycles. The first kappa shape index (κ1) is 16.0. The predicted molar refractivity (Wildman–Crippen MR) is 82.9 cm³/mol. The zero-order chi connectivity index (χ0) is 16.3. The largest absolute Gasteiger partial charge is 0.465 e. The highest BCUT2D eigenvalue weighted by atomic mass is 79.9. The van der Waals surface area contributed by atoms with Crippen LogP contribution in [0.25, 0.3) is 0 Å². The first-order valence-corrected chi connectivity index (χ1v) is 7.07. The Bertz CT molecular complexity index is 726. The molecule has 0 bridgehead atoms. The number of nitro benzene ring substituents is 1. The maximum atomic E-state index is 11.5. The molecule has 0 atom stereocenters. The fourth-order valence-electron chi connectivity index (χ4n) is 1.93. The molecule has 1 aromatic carbocycles. The van der Waals surface area contributed by atoms with Gasteiger partial charge in [-0.2, -0.15) is 0 Å². The lowest BCUT2D eigenvalue weighted by Crippen LogP contribution is -2.02. The van der Waals surface area contributed by atoms with E-state index in [4.69, 9.17) is 4.42 Å². The first-order chi connectivity index (χ1) is 10.4. The van der Waals surface area contributed by atoms with Gasteiger partial charge in [-0.15, -0.1) is 0 Å². The van der Waals surface area contributed by atoms with Gasteiger partial charge in [-0.05, 0) is 25.1 Å². The summed E-state index contributed by atoms with van der Waals surface area (Å²) in [5.41, 5.74) is 0.650. The Kier molecular flexibility index (Phi) is 4.81. The van der Waals surface area contributed by atoms with Crippen LogP contribution in [0.1, 0.15) is 21.9 Å². The fraction of sp³-hybridized carbons (Fsp3) is 0.214. The Labute approximate surface area is 134 Å². The monoisotopic (exact) mass is 368 g/mol. The van der Waals surface area contributed by atoms with Gasteiger partial charge in [0, 0.05) is 10.5 Å². The van der Waals surface area contributed by atoms with E-state index in [2.05, 4.69) is 26.0 Å². The molecule has 22 heavy (non-hydrogen) atoms. The van der Waals surface area contributed by atoms with Crippen LogP contribution in [0.5, 0.6) is 0 Å². The van der Waals surface area contributed by atoms with E-state index in [9.17, 15) is 14.9 Å². The third-order valence-corrected chi connectivity index (χ3v) is 3.48. The molecule has 1 heterocycles. The molecule has 8 heteroatoms. The summed E-state index contributed by atoms with van der Waals surface area (Å²) in [6, 6.07) is 6.26. The standard InChI is InChI=1S/C14H13BrN2O5/c1-8-11(14(18)21-2)6-10(22-8)7-16-12-4-3-9(15)5-13(12)17(19)20/h3-6,16H,7H2,1-2H3. The molecular formula is C14H13BrN2O5. The Balaban J connectivity index is 2.17. The van der Waals surface area contributed by atoms with Crippen molar-refractivity contribution >= 4 is 33.3 Å². The Morgan fingerprint density at radius 1 is 1.45 bits per heavy atom. The number of aryl methyl sites for hydroxylation is 1. The number of hydrogen-bond donors (Lipinski definition) is 1. The molecule has 0 spiro atoms. The van der Waals surface area contributed by atoms with Gasteiger partial charge in [0.2, 0.25) is 0 Å². The summed E-state index contributed by atoms with van der Waals surface area (Å²) in [4.78, 5) is 22.1. The van der Waals surface area contributed by atoms with Crippen LogP contribution in [0.15, 0.2) is 33.2 Å². The van der Waals surface area contributed by atoms with Crippen molar-refractivity contribution in [2.24, 2.45) is 0 Å². The van der Waals surface area contributed by atoms with Crippen molar-refractivity contribution in [1.29, 1.82) is 0 Å². The number of furan rings is 1. The van der Waals surface area contributed by atoms with Crippen LogP contribution >= 0.6 is 15.9 Å². The average Bonchev–Trinajstić information content (AvgIpc) is 2.86. The smallest absolute Gasteiger partial charge is 0.341 e. The van der Waals surface area contributed by atoms with Gasteiger partial charge in [-0.25, -0.2) is 4.79 Å². The average molecular weight is 369 g/mol. The van der Waals surface area contributed by atoms with Crippen LogP contribution in [0.3, 0.4) is 0 Å². The number of esters is 1. The second-order valence-electron chi connectivity index (χ2n) is 4.45. The molecule has 0 saturated carbocycles. The van der Waals surface area contributed by atoms with E-state index in [1.165, 1.54) is 13.2 Å². The Morgan fingerprint density at radius 2 is 2.18 bits per heavy atom. The number of methoxy groups -OCH3 is 1. The molecule has 0 fully saturated rings. The minimum absolute atomic E-state index is 0.0501. The number of halogens is 1. The van der Waals surface area contributed by atoms with E-state index in [1.807, 2.05) is 0 Å². The molecule has 0 aliphatic carbocycles. The van der Waals surface area contributed by atoms with Crippen LogP contribution in [0.2, 0.25) is 0 Å². The quantitative estimate of drug-likeness (QED) is 0.491. The third-order valence-electron chi connectivity index (χ3n) is 2.98. The molecule has 2 rings (SSSR count). The number of nitro groups is 1. The van der Waals surface area contributed by atoms with E-state index in [-0.39, 0.29) is 12.2 Å². The molecular weight excluding hydrogens is 356 g/mol. The normalized spacial score (nSPS) is 10.3. The van der Waals surface area contributed by atoms with Gasteiger partial charge in [0.05, 0.1) is 18.6 Å². The van der Waals surface area contributed by atoms with Gasteiger partial charge < -0.3 is 14.5 Å². The van der Waals surface area contributed by atoms with Crippen molar-refractivity contribution in [3.8, 4) is 0 Å². The molecule has 2 aromatic rings. The van der Waals surface area contributed by atoms with E-state index < -0.39 is 10.9 Å². The Morgan fingerprint density at radius 3 is 2.82 bits per heavy atom. The van der Waals surface area contributed by atoms with E-state index in [0.29, 0.717) is 27.2 Å². The predicted octanol–water partition coefficient (Wildman–Crippen LogP) is 3.66. The third kappa shape index (κ3) is 3.45. The highest BCUT2D eigenvalue weighted by Crippen LogP contribution is 2.28. The minimum atomic E-state index is -0.484. The lowest BCUT2D eigenvalue weighted by atomic mass is 10.2.